The number of fused-ring (bicyclic) bond motifs is 4. The molecule has 0 aliphatic heterocycles. The molecule has 3 aromatic carbocycles. The molecule has 0 unspecified atom stereocenters. The first-order valence-electron chi connectivity index (χ1n) is 13.6. The van der Waals surface area contributed by atoms with Gasteiger partial charge < -0.3 is 9.67 Å². The van der Waals surface area contributed by atoms with Gasteiger partial charge in [0.2, 0.25) is 0 Å². The summed E-state index contributed by atoms with van der Waals surface area (Å²) in [6.45, 7) is 16.5. The van der Waals surface area contributed by atoms with E-state index < -0.39 is 23.6 Å². The van der Waals surface area contributed by atoms with Crippen LogP contribution in [0.15, 0.2) is 72.6 Å². The molecule has 229 valence electrons. The Kier molecular flexibility index (Phi) is 10.1. The number of halogens is 3. The number of aromatic nitrogens is 1. The van der Waals surface area contributed by atoms with Crippen molar-refractivity contribution in [2.45, 2.75) is 53.1 Å². The van der Waals surface area contributed by atoms with Crippen molar-refractivity contribution in [3.63, 3.8) is 0 Å². The molecule has 0 aliphatic carbocycles. The zero-order valence-electron chi connectivity index (χ0n) is 25.0. The molecule has 0 fully saturated rings. The number of allylic oxidation sites excluding steroid dienone is 2. The van der Waals surface area contributed by atoms with Crippen molar-refractivity contribution in [1.29, 1.82) is 0 Å². The Balaban J connectivity index is 0.000000334. The Hall–Kier alpha value is -3.32. The number of ketones is 1. The van der Waals surface area contributed by atoms with Crippen molar-refractivity contribution >= 4 is 48.1 Å². The number of aliphatic hydroxyl groups excluding tert-OH is 1. The molecule has 0 saturated heterocycles. The van der Waals surface area contributed by atoms with E-state index in [-0.39, 0.29) is 31.6 Å². The molecule has 1 N–H and O–H groups in total. The average Bonchev–Trinajstić information content (AvgIpc) is 3.26. The van der Waals surface area contributed by atoms with Gasteiger partial charge in [-0.1, -0.05) is 75.9 Å². The van der Waals surface area contributed by atoms with Gasteiger partial charge in [-0.25, -0.2) is 0 Å². The molecule has 1 radical (unpaired) electrons. The van der Waals surface area contributed by atoms with Gasteiger partial charge >= 0.3 is 6.18 Å². The number of aryl methyl sites for hydroxylation is 1. The molecule has 0 aliphatic rings. The minimum Gasteiger partial charge on any atom is -0.512 e. The van der Waals surface area contributed by atoms with Gasteiger partial charge in [-0.2, -0.15) is 25.7 Å². The first kappa shape index (κ1) is 34.2. The second-order valence-electron chi connectivity index (χ2n) is 11.8. The van der Waals surface area contributed by atoms with Crippen LogP contribution in [0.5, 0.6) is 0 Å². The summed E-state index contributed by atoms with van der Waals surface area (Å²) < 4.78 is 39.3. The molecule has 8 heteroatoms. The van der Waals surface area contributed by atoms with E-state index in [0.29, 0.717) is 0 Å². The third-order valence-corrected chi connectivity index (χ3v) is 8.35. The number of hydrogen-bond acceptors (Lipinski definition) is 3. The quantitative estimate of drug-likeness (QED) is 0.0858. The topological polar surface area (TPSA) is 41.2 Å². The van der Waals surface area contributed by atoms with E-state index in [1.54, 1.807) is 0 Å². The fraction of sp³-hybridized carbons (Fsp3) is 0.257. The monoisotopic (exact) mass is 783 g/mol. The number of carbonyl (C=O) groups excluding carboxylic acids is 1. The molecule has 0 bridgehead atoms. The van der Waals surface area contributed by atoms with E-state index >= 15 is 0 Å². The second-order valence-corrected chi connectivity index (χ2v) is 12.9. The van der Waals surface area contributed by atoms with Crippen LogP contribution < -0.4 is 4.57 Å². The van der Waals surface area contributed by atoms with E-state index in [1.165, 1.54) is 61.5 Å². The van der Waals surface area contributed by atoms with E-state index in [2.05, 4.69) is 102 Å². The maximum atomic E-state index is 11.6. The number of pyridine rings is 1. The molecule has 43 heavy (non-hydrogen) atoms. The van der Waals surface area contributed by atoms with Crippen molar-refractivity contribution in [3.8, 4) is 11.3 Å². The summed E-state index contributed by atoms with van der Waals surface area (Å²) in [4.78, 5) is 10.2. The minimum atomic E-state index is -4.90. The van der Waals surface area contributed by atoms with Crippen molar-refractivity contribution in [2.24, 2.45) is 5.92 Å². The van der Waals surface area contributed by atoms with E-state index in [0.717, 1.165) is 11.3 Å². The van der Waals surface area contributed by atoms with Gasteiger partial charge in [0.15, 0.2) is 0 Å². The largest absolute Gasteiger partial charge is 0.512 e. The zero-order valence-corrected chi connectivity index (χ0v) is 28.2. The SMILES string of the molecule is CC(C)/C(O)=C/C(=O)C(F)(F)F.[CH2-]c1c(-c2c3sc4cc(C)ccc4c3cc[n+]2[CH2-])cc(C(C)(C)C)c2ccccc12.[Ir]. The van der Waals surface area contributed by atoms with E-state index in [4.69, 9.17) is 5.11 Å². The number of aliphatic hydroxyl groups is 1. The van der Waals surface area contributed by atoms with Gasteiger partial charge in [0.1, 0.15) is 0 Å². The summed E-state index contributed by atoms with van der Waals surface area (Å²) in [5.74, 6) is -3.07. The molecule has 0 spiro atoms. The third-order valence-electron chi connectivity index (χ3n) is 7.18. The fourth-order valence-electron chi connectivity index (χ4n) is 4.86. The number of rotatable bonds is 3. The second kappa shape index (κ2) is 12.7. The Morgan fingerprint density at radius 1 is 0.977 bits per heavy atom. The zero-order chi connectivity index (χ0) is 31.1. The number of alkyl halides is 3. The average molecular weight is 783 g/mol. The van der Waals surface area contributed by atoms with Gasteiger partial charge in [0.25, 0.3) is 5.78 Å². The predicted molar refractivity (Wildman–Crippen MR) is 168 cm³/mol. The summed E-state index contributed by atoms with van der Waals surface area (Å²) in [6.07, 6.45) is -2.62. The molecule has 0 amide bonds. The van der Waals surface area contributed by atoms with Crippen LogP contribution in [0.2, 0.25) is 0 Å². The van der Waals surface area contributed by atoms with Crippen molar-refractivity contribution in [2.75, 3.05) is 0 Å². The number of benzene rings is 3. The number of hydrogen-bond donors (Lipinski definition) is 1. The summed E-state index contributed by atoms with van der Waals surface area (Å²) in [6, 6.07) is 19.9. The van der Waals surface area contributed by atoms with Crippen LogP contribution in [0, 0.1) is 26.8 Å². The Bertz CT molecular complexity index is 1850. The van der Waals surface area contributed by atoms with Gasteiger partial charge in [-0.05, 0) is 40.8 Å². The van der Waals surface area contributed by atoms with Gasteiger partial charge in [-0.3, -0.25) is 4.79 Å². The molecule has 5 aromatic rings. The van der Waals surface area contributed by atoms with Crippen LogP contribution >= 0.6 is 11.3 Å². The van der Waals surface area contributed by atoms with Crippen molar-refractivity contribution in [3.05, 3.63) is 103 Å². The molecule has 5 rings (SSSR count). The first-order chi connectivity index (χ1) is 19.5. The van der Waals surface area contributed by atoms with Gasteiger partial charge in [-0.15, -0.1) is 34.4 Å². The third kappa shape index (κ3) is 7.09. The van der Waals surface area contributed by atoms with Gasteiger partial charge in [0.05, 0.1) is 17.6 Å². The first-order valence-corrected chi connectivity index (χ1v) is 14.4. The molecule has 3 nitrogen and oxygen atoms in total. The van der Waals surface area contributed by atoms with Crippen LogP contribution in [0.4, 0.5) is 13.2 Å². The molecule has 2 heterocycles. The normalized spacial score (nSPS) is 12.4. The van der Waals surface area contributed by atoms with Crippen LogP contribution in [-0.4, -0.2) is 17.1 Å². The van der Waals surface area contributed by atoms with Crippen LogP contribution in [0.25, 0.3) is 42.2 Å². The number of carbonyl (C=O) groups is 1. The van der Waals surface area contributed by atoms with Crippen molar-refractivity contribution < 1.29 is 47.7 Å². The van der Waals surface area contributed by atoms with Gasteiger partial charge in [0, 0.05) is 48.5 Å². The summed E-state index contributed by atoms with van der Waals surface area (Å²) >= 11 is 1.85. The Morgan fingerprint density at radius 3 is 2.19 bits per heavy atom. The number of nitrogens with zero attached hydrogens (tertiary/aromatic N) is 1. The Morgan fingerprint density at radius 2 is 1.60 bits per heavy atom. The summed E-state index contributed by atoms with van der Waals surface area (Å²) in [5, 5.41) is 13.9. The molecular formula is C35H35F3IrNO2S-. The predicted octanol–water partition coefficient (Wildman–Crippen LogP) is 9.80. The fourth-order valence-corrected chi connectivity index (χ4v) is 6.23. The maximum absolute atomic E-state index is 11.6. The molecule has 2 aromatic heterocycles. The van der Waals surface area contributed by atoms with E-state index in [9.17, 15) is 18.0 Å². The minimum absolute atomic E-state index is 0. The number of thiophene rings is 1. The standard InChI is InChI=1S/C28H26NS.C7H9F3O2.Ir/c1-17-11-12-21-22-13-14-29(6)26(27(22)30-25(21)15-17)23-16-24(28(3,4)5)20-10-8-7-9-19(20)18(23)2;1-4(2)5(11)3-6(12)7(8,9)10;/h7-16H,2,6H2,1,3-5H3;3-4,11H,1-2H3;/q-1;;/b;5-3-;. The molecule has 0 saturated carbocycles. The van der Waals surface area contributed by atoms with E-state index in [1.807, 2.05) is 15.9 Å². The van der Waals surface area contributed by atoms with Crippen LogP contribution in [-0.2, 0) is 30.3 Å². The smallest absolute Gasteiger partial charge is 0.454 e. The summed E-state index contributed by atoms with van der Waals surface area (Å²) in [7, 11) is 4.34. The Labute approximate surface area is 268 Å². The van der Waals surface area contributed by atoms with Crippen LogP contribution in [0.1, 0.15) is 51.3 Å². The maximum Gasteiger partial charge on any atom is 0.454 e. The molecular weight excluding hydrogens is 748 g/mol. The van der Waals surface area contributed by atoms with Crippen LogP contribution in [0.3, 0.4) is 0 Å². The summed E-state index contributed by atoms with van der Waals surface area (Å²) in [5.41, 5.74) is 6.04. The molecule has 0 atom stereocenters. The van der Waals surface area contributed by atoms with Crippen molar-refractivity contribution in [1.82, 2.24) is 0 Å².